The third-order valence-electron chi connectivity index (χ3n) is 7.79. The lowest BCUT2D eigenvalue weighted by atomic mass is 10.0. The molecule has 0 saturated carbocycles. The number of tetrazole rings is 1. The first-order chi connectivity index (χ1) is 22.1. The van der Waals surface area contributed by atoms with Crippen LogP contribution in [0, 0.1) is 6.92 Å². The maximum absolute atomic E-state index is 14.3. The zero-order valence-electron chi connectivity index (χ0n) is 24.6. The minimum atomic E-state index is -4.82. The smallest absolute Gasteiger partial charge is 0.376 e. The monoisotopic (exact) mass is 651 g/mol. The molecule has 3 aromatic carbocycles. The van der Waals surface area contributed by atoms with E-state index in [9.17, 15) is 22.8 Å². The van der Waals surface area contributed by atoms with Crippen molar-refractivity contribution in [3.05, 3.63) is 94.6 Å². The molecule has 6 rings (SSSR count). The van der Waals surface area contributed by atoms with Gasteiger partial charge in [-0.1, -0.05) is 59.6 Å². The molecule has 1 saturated heterocycles. The molecule has 3 heterocycles. The van der Waals surface area contributed by atoms with Gasteiger partial charge in [-0.25, -0.2) is 0 Å². The van der Waals surface area contributed by atoms with E-state index in [1.807, 2.05) is 31.2 Å². The van der Waals surface area contributed by atoms with Crippen molar-refractivity contribution in [1.82, 2.24) is 30.5 Å². The first-order valence-electron chi connectivity index (χ1n) is 14.6. The fourth-order valence-corrected chi connectivity index (χ4v) is 5.70. The average molecular weight is 652 g/mol. The summed E-state index contributed by atoms with van der Waals surface area (Å²) in [5, 5.41) is 15.3. The van der Waals surface area contributed by atoms with Gasteiger partial charge in [0.1, 0.15) is 12.6 Å². The molecule has 2 N–H and O–H groups in total. The number of hydrogen-bond donors (Lipinski definition) is 2. The van der Waals surface area contributed by atoms with Crippen LogP contribution in [-0.4, -0.2) is 56.3 Å². The molecule has 1 aliphatic heterocycles. The number of aryl methyl sites for hydroxylation is 1. The van der Waals surface area contributed by atoms with Crippen LogP contribution >= 0.6 is 11.6 Å². The summed E-state index contributed by atoms with van der Waals surface area (Å²) in [7, 11) is 0. The highest BCUT2D eigenvalue weighted by atomic mass is 35.5. The normalized spacial score (nSPS) is 15.6. The van der Waals surface area contributed by atoms with E-state index < -0.39 is 41.2 Å². The van der Waals surface area contributed by atoms with Crippen LogP contribution in [-0.2, 0) is 27.0 Å². The number of benzene rings is 3. The van der Waals surface area contributed by atoms with E-state index in [4.69, 9.17) is 16.3 Å². The van der Waals surface area contributed by atoms with Gasteiger partial charge in [-0.2, -0.15) is 18.0 Å². The lowest BCUT2D eigenvalue weighted by molar-refractivity contribution is -0.137. The topological polar surface area (TPSA) is 118 Å². The molecule has 0 unspecified atom stereocenters. The van der Waals surface area contributed by atoms with Gasteiger partial charge in [0.15, 0.2) is 0 Å². The number of ether oxygens (including phenoxy) is 1. The minimum Gasteiger partial charge on any atom is -0.376 e. The number of anilines is 1. The quantitative estimate of drug-likeness (QED) is 0.206. The summed E-state index contributed by atoms with van der Waals surface area (Å²) < 4.78 is 47.8. The van der Waals surface area contributed by atoms with Crippen LogP contribution in [0.2, 0.25) is 5.02 Å². The number of H-pyrrole nitrogens is 1. The molecule has 1 aliphatic rings. The van der Waals surface area contributed by atoms with Gasteiger partial charge >= 0.3 is 6.18 Å². The van der Waals surface area contributed by atoms with Crippen molar-refractivity contribution in [1.29, 1.82) is 0 Å². The summed E-state index contributed by atoms with van der Waals surface area (Å²) in [6.07, 6.45) is -1.88. The Kier molecular flexibility index (Phi) is 8.78. The number of para-hydroxylation sites is 1. The van der Waals surface area contributed by atoms with Crippen molar-refractivity contribution in [2.75, 3.05) is 18.1 Å². The van der Waals surface area contributed by atoms with Gasteiger partial charge in [-0.05, 0) is 49.2 Å². The standard InChI is InChI=1S/C32H29ClF3N7O3/c1-19-8-10-20(11-9-19)30-39-41-42(40-30)18-28(44)43(21-12-13-26(33)25(15-21)32(34,35)36)29(31(45)38-16-22-5-4-14-46-22)24-17-37-27-7-3-2-6-23(24)27/h2-3,6-13,15,17,22,29,37H,4-5,14,16,18H2,1H3,(H,38,45)/t22-,29+/m0/s1. The molecule has 2 amide bonds. The highest BCUT2D eigenvalue weighted by Crippen LogP contribution is 2.40. The fourth-order valence-electron chi connectivity index (χ4n) is 5.48. The zero-order valence-corrected chi connectivity index (χ0v) is 25.3. The number of hydrogen-bond acceptors (Lipinski definition) is 6. The second-order valence-corrected chi connectivity index (χ2v) is 11.4. The number of amides is 2. The molecule has 1 fully saturated rings. The summed E-state index contributed by atoms with van der Waals surface area (Å²) in [6, 6.07) is 16.2. The van der Waals surface area contributed by atoms with Gasteiger partial charge in [0.25, 0.3) is 5.91 Å². The first kappa shape index (κ1) is 31.2. The van der Waals surface area contributed by atoms with Crippen LogP contribution in [0.3, 0.4) is 0 Å². The first-order valence-corrected chi connectivity index (χ1v) is 15.0. The number of rotatable bonds is 9. The van der Waals surface area contributed by atoms with Crippen molar-refractivity contribution in [3.63, 3.8) is 0 Å². The Bertz CT molecular complexity index is 1870. The summed E-state index contributed by atoms with van der Waals surface area (Å²) in [5.41, 5.74) is 1.41. The number of halogens is 4. The molecule has 5 aromatic rings. The number of aromatic amines is 1. The summed E-state index contributed by atoms with van der Waals surface area (Å²) >= 11 is 5.95. The number of carbonyl (C=O) groups excluding carboxylic acids is 2. The lowest BCUT2D eigenvalue weighted by Crippen LogP contribution is -2.46. The Morgan fingerprint density at radius 3 is 2.67 bits per heavy atom. The molecular weight excluding hydrogens is 623 g/mol. The van der Waals surface area contributed by atoms with Crippen LogP contribution in [0.15, 0.2) is 72.9 Å². The van der Waals surface area contributed by atoms with E-state index in [1.54, 1.807) is 30.5 Å². The van der Waals surface area contributed by atoms with E-state index in [1.165, 1.54) is 6.07 Å². The highest BCUT2D eigenvalue weighted by molar-refractivity contribution is 6.31. The zero-order chi connectivity index (χ0) is 32.4. The second-order valence-electron chi connectivity index (χ2n) is 11.0. The second kappa shape index (κ2) is 12.9. The van der Waals surface area contributed by atoms with Crippen LogP contribution in [0.1, 0.15) is 35.6 Å². The molecule has 2 aromatic heterocycles. The number of nitrogens with zero attached hydrogens (tertiary/aromatic N) is 5. The number of alkyl halides is 3. The van der Waals surface area contributed by atoms with Crippen LogP contribution in [0.5, 0.6) is 0 Å². The largest absolute Gasteiger partial charge is 0.417 e. The molecule has 0 radical (unpaired) electrons. The summed E-state index contributed by atoms with van der Waals surface area (Å²) in [5.74, 6) is -1.11. The molecule has 0 spiro atoms. The van der Waals surface area contributed by atoms with Crippen molar-refractivity contribution in [2.24, 2.45) is 0 Å². The maximum Gasteiger partial charge on any atom is 0.417 e. The Morgan fingerprint density at radius 2 is 1.93 bits per heavy atom. The molecule has 10 nitrogen and oxygen atoms in total. The van der Waals surface area contributed by atoms with E-state index >= 15 is 0 Å². The summed E-state index contributed by atoms with van der Waals surface area (Å²) in [6.45, 7) is 2.14. The number of carbonyl (C=O) groups is 2. The SMILES string of the molecule is Cc1ccc(-c2nnn(CC(=O)N(c3ccc(Cl)c(C(F)(F)F)c3)[C@@H](C(=O)NC[C@@H]3CCCO3)c3c[nH]c4ccccc34)n2)cc1. The third kappa shape index (κ3) is 6.60. The van der Waals surface area contributed by atoms with Gasteiger partial charge in [0.2, 0.25) is 11.7 Å². The Hall–Kier alpha value is -4.75. The molecule has 0 bridgehead atoms. The predicted molar refractivity (Wildman–Crippen MR) is 165 cm³/mol. The average Bonchev–Trinajstić information content (AvgIpc) is 3.81. The third-order valence-corrected chi connectivity index (χ3v) is 8.12. The van der Waals surface area contributed by atoms with Crippen LogP contribution < -0.4 is 10.2 Å². The highest BCUT2D eigenvalue weighted by Gasteiger charge is 2.38. The maximum atomic E-state index is 14.3. The van der Waals surface area contributed by atoms with Gasteiger partial charge in [0, 0.05) is 47.1 Å². The van der Waals surface area contributed by atoms with E-state index in [-0.39, 0.29) is 24.2 Å². The summed E-state index contributed by atoms with van der Waals surface area (Å²) in [4.78, 5) is 33.5. The fraction of sp³-hybridized carbons (Fsp3) is 0.281. The molecule has 46 heavy (non-hydrogen) atoms. The number of fused-ring (bicyclic) bond motifs is 1. The van der Waals surface area contributed by atoms with Crippen molar-refractivity contribution < 1.29 is 27.5 Å². The van der Waals surface area contributed by atoms with Gasteiger partial charge < -0.3 is 15.0 Å². The molecule has 238 valence electrons. The van der Waals surface area contributed by atoms with Crippen molar-refractivity contribution >= 4 is 40.0 Å². The van der Waals surface area contributed by atoms with E-state index in [2.05, 4.69) is 25.7 Å². The van der Waals surface area contributed by atoms with Gasteiger partial charge in [-0.3, -0.25) is 14.5 Å². The Labute approximate surface area is 266 Å². The Morgan fingerprint density at radius 1 is 1.15 bits per heavy atom. The minimum absolute atomic E-state index is 0.165. The van der Waals surface area contributed by atoms with Crippen molar-refractivity contribution in [2.45, 2.75) is 44.6 Å². The van der Waals surface area contributed by atoms with Crippen LogP contribution in [0.25, 0.3) is 22.3 Å². The molecule has 0 aliphatic carbocycles. The van der Waals surface area contributed by atoms with E-state index in [0.29, 0.717) is 28.6 Å². The Balaban J connectivity index is 1.43. The van der Waals surface area contributed by atoms with Crippen molar-refractivity contribution in [3.8, 4) is 11.4 Å². The molecule has 14 heteroatoms. The van der Waals surface area contributed by atoms with Gasteiger partial charge in [-0.15, -0.1) is 10.2 Å². The molecule has 2 atom stereocenters. The predicted octanol–water partition coefficient (Wildman–Crippen LogP) is 5.87. The number of aromatic nitrogens is 5. The van der Waals surface area contributed by atoms with Crippen LogP contribution in [0.4, 0.5) is 18.9 Å². The van der Waals surface area contributed by atoms with E-state index in [0.717, 1.165) is 40.2 Å². The van der Waals surface area contributed by atoms with Gasteiger partial charge in [0.05, 0.1) is 16.7 Å². The number of nitrogens with one attached hydrogen (secondary N) is 2. The lowest BCUT2D eigenvalue weighted by Gasteiger charge is -2.32. The molecular formula is C32H29ClF3N7O3.